The molecule has 1 aromatic heterocycles. The van der Waals surface area contributed by atoms with Crippen LogP contribution in [0.1, 0.15) is 16.0 Å². The van der Waals surface area contributed by atoms with Crippen molar-refractivity contribution < 1.29 is 4.79 Å². The summed E-state index contributed by atoms with van der Waals surface area (Å²) in [7, 11) is 0. The van der Waals surface area contributed by atoms with Crippen molar-refractivity contribution in [3.8, 4) is 0 Å². The third-order valence-electron chi connectivity index (χ3n) is 3.34. The van der Waals surface area contributed by atoms with E-state index in [0.29, 0.717) is 0 Å². The van der Waals surface area contributed by atoms with Gasteiger partial charge in [0.15, 0.2) is 0 Å². The molecule has 2 nitrogen and oxygen atoms in total. The van der Waals surface area contributed by atoms with Crippen LogP contribution in [0.5, 0.6) is 0 Å². The van der Waals surface area contributed by atoms with E-state index in [9.17, 15) is 4.79 Å². The summed E-state index contributed by atoms with van der Waals surface area (Å²) in [4.78, 5) is 15.5. The molecule has 0 fully saturated rings. The third kappa shape index (κ3) is 2.76. The van der Waals surface area contributed by atoms with E-state index < -0.39 is 0 Å². The van der Waals surface area contributed by atoms with Gasteiger partial charge in [-0.05, 0) is 35.1 Å². The Morgan fingerprint density at radius 1 is 1.21 bits per heavy atom. The summed E-state index contributed by atoms with van der Waals surface area (Å²) in [6, 6.07) is 12.0. The second-order valence-electron chi connectivity index (χ2n) is 4.62. The van der Waals surface area contributed by atoms with Crippen LogP contribution in [0.25, 0.3) is 6.08 Å². The average molecular weight is 269 g/mol. The molecule has 19 heavy (non-hydrogen) atoms. The molecule has 0 N–H and O–H groups in total. The Kier molecular flexibility index (Phi) is 3.47. The molecule has 0 unspecified atom stereocenters. The molecule has 0 saturated heterocycles. The summed E-state index contributed by atoms with van der Waals surface area (Å²) < 4.78 is 0. The van der Waals surface area contributed by atoms with Crippen LogP contribution >= 0.6 is 11.3 Å². The van der Waals surface area contributed by atoms with E-state index >= 15 is 0 Å². The molecule has 0 radical (unpaired) electrons. The van der Waals surface area contributed by atoms with Crippen LogP contribution in [0.4, 0.5) is 0 Å². The van der Waals surface area contributed by atoms with Crippen molar-refractivity contribution in [3.05, 3.63) is 63.9 Å². The first-order valence-electron chi connectivity index (χ1n) is 6.40. The van der Waals surface area contributed by atoms with Crippen molar-refractivity contribution in [1.82, 2.24) is 4.90 Å². The zero-order valence-corrected chi connectivity index (χ0v) is 11.4. The highest BCUT2D eigenvalue weighted by Crippen LogP contribution is 2.24. The number of hydrogen-bond acceptors (Lipinski definition) is 2. The van der Waals surface area contributed by atoms with Crippen molar-refractivity contribution in [2.45, 2.75) is 13.0 Å². The van der Waals surface area contributed by atoms with Gasteiger partial charge in [0.05, 0.1) is 0 Å². The van der Waals surface area contributed by atoms with Crippen molar-refractivity contribution in [2.24, 2.45) is 0 Å². The van der Waals surface area contributed by atoms with E-state index in [1.807, 2.05) is 41.3 Å². The van der Waals surface area contributed by atoms with Crippen molar-refractivity contribution >= 4 is 23.3 Å². The van der Waals surface area contributed by atoms with E-state index in [-0.39, 0.29) is 5.91 Å². The number of rotatable bonds is 2. The average Bonchev–Trinajstić information content (AvgIpc) is 2.93. The fraction of sp³-hybridized carbons (Fsp3) is 0.188. The molecule has 3 heteroatoms. The fourth-order valence-electron chi connectivity index (χ4n) is 2.27. The van der Waals surface area contributed by atoms with Gasteiger partial charge in [0.25, 0.3) is 0 Å². The molecule has 3 rings (SSSR count). The zero-order valence-electron chi connectivity index (χ0n) is 10.6. The molecule has 0 bridgehead atoms. The lowest BCUT2D eigenvalue weighted by atomic mass is 10.1. The molecule has 1 aliphatic heterocycles. The highest BCUT2D eigenvalue weighted by atomic mass is 32.1. The van der Waals surface area contributed by atoms with Gasteiger partial charge in [0.1, 0.15) is 0 Å². The molecule has 1 aliphatic rings. The molecule has 2 aromatic rings. The van der Waals surface area contributed by atoms with Crippen LogP contribution in [0, 0.1) is 0 Å². The van der Waals surface area contributed by atoms with Gasteiger partial charge in [0, 0.05) is 24.0 Å². The lowest BCUT2D eigenvalue weighted by Crippen LogP contribution is -2.34. The first-order chi connectivity index (χ1) is 9.33. The Morgan fingerprint density at radius 3 is 2.89 bits per heavy atom. The molecule has 0 spiro atoms. The summed E-state index contributed by atoms with van der Waals surface area (Å²) in [6.07, 6.45) is 4.54. The van der Waals surface area contributed by atoms with Crippen molar-refractivity contribution in [3.63, 3.8) is 0 Å². The summed E-state index contributed by atoms with van der Waals surface area (Å²) >= 11 is 1.79. The summed E-state index contributed by atoms with van der Waals surface area (Å²) in [5.74, 6) is 0.0979. The van der Waals surface area contributed by atoms with Gasteiger partial charge >= 0.3 is 0 Å². The highest BCUT2D eigenvalue weighted by Gasteiger charge is 2.19. The maximum atomic E-state index is 12.1. The predicted octanol–water partition coefficient (Wildman–Crippen LogP) is 3.35. The van der Waals surface area contributed by atoms with Crippen LogP contribution in [-0.4, -0.2) is 17.4 Å². The number of carbonyl (C=O) groups excluding carboxylic acids is 1. The van der Waals surface area contributed by atoms with Gasteiger partial charge in [-0.15, -0.1) is 11.3 Å². The SMILES string of the molecule is O=C(C=Cc1ccccc1)N1CCc2sccc2C1. The van der Waals surface area contributed by atoms with Crippen LogP contribution < -0.4 is 0 Å². The molecule has 2 heterocycles. The second-order valence-corrected chi connectivity index (χ2v) is 5.62. The number of hydrogen-bond donors (Lipinski definition) is 0. The van der Waals surface area contributed by atoms with Crippen LogP contribution in [0.3, 0.4) is 0 Å². The van der Waals surface area contributed by atoms with Gasteiger partial charge in [-0.1, -0.05) is 30.3 Å². The highest BCUT2D eigenvalue weighted by molar-refractivity contribution is 7.10. The number of thiophene rings is 1. The van der Waals surface area contributed by atoms with E-state index in [0.717, 1.165) is 25.1 Å². The lowest BCUT2D eigenvalue weighted by Gasteiger charge is -2.25. The minimum Gasteiger partial charge on any atom is -0.334 e. The largest absolute Gasteiger partial charge is 0.334 e. The zero-order chi connectivity index (χ0) is 13.1. The van der Waals surface area contributed by atoms with Crippen molar-refractivity contribution in [1.29, 1.82) is 0 Å². The molecular weight excluding hydrogens is 254 g/mol. The van der Waals surface area contributed by atoms with Gasteiger partial charge < -0.3 is 4.90 Å². The maximum Gasteiger partial charge on any atom is 0.246 e. The normalized spacial score (nSPS) is 14.6. The fourth-order valence-corrected chi connectivity index (χ4v) is 3.16. The molecule has 0 saturated carbocycles. The molecular formula is C16H15NOS. The quantitative estimate of drug-likeness (QED) is 0.766. The van der Waals surface area contributed by atoms with E-state index in [2.05, 4.69) is 11.4 Å². The van der Waals surface area contributed by atoms with E-state index in [1.54, 1.807) is 17.4 Å². The monoisotopic (exact) mass is 269 g/mol. The van der Waals surface area contributed by atoms with E-state index in [4.69, 9.17) is 0 Å². The number of benzene rings is 1. The van der Waals surface area contributed by atoms with E-state index in [1.165, 1.54) is 10.4 Å². The smallest absolute Gasteiger partial charge is 0.246 e. The number of nitrogens with zero attached hydrogens (tertiary/aromatic N) is 1. The molecule has 1 aromatic carbocycles. The minimum absolute atomic E-state index is 0.0979. The maximum absolute atomic E-state index is 12.1. The van der Waals surface area contributed by atoms with Crippen LogP contribution in [0.2, 0.25) is 0 Å². The Labute approximate surface area is 117 Å². The summed E-state index contributed by atoms with van der Waals surface area (Å²) in [5.41, 5.74) is 2.36. The minimum atomic E-state index is 0.0979. The number of carbonyl (C=O) groups is 1. The van der Waals surface area contributed by atoms with Crippen LogP contribution in [-0.2, 0) is 17.8 Å². The van der Waals surface area contributed by atoms with Crippen LogP contribution in [0.15, 0.2) is 47.9 Å². The Bertz CT molecular complexity index is 600. The topological polar surface area (TPSA) is 20.3 Å². The van der Waals surface area contributed by atoms with Gasteiger partial charge in [-0.3, -0.25) is 4.79 Å². The molecule has 96 valence electrons. The van der Waals surface area contributed by atoms with Crippen molar-refractivity contribution in [2.75, 3.05) is 6.54 Å². The second kappa shape index (κ2) is 5.41. The first kappa shape index (κ1) is 12.2. The number of amides is 1. The molecule has 0 atom stereocenters. The molecule has 1 amide bonds. The Balaban J connectivity index is 1.67. The third-order valence-corrected chi connectivity index (χ3v) is 4.36. The van der Waals surface area contributed by atoms with Gasteiger partial charge in [-0.2, -0.15) is 0 Å². The lowest BCUT2D eigenvalue weighted by molar-refractivity contribution is -0.126. The van der Waals surface area contributed by atoms with Gasteiger partial charge in [0.2, 0.25) is 5.91 Å². The summed E-state index contributed by atoms with van der Waals surface area (Å²) in [5, 5.41) is 2.11. The predicted molar refractivity (Wildman–Crippen MR) is 78.9 cm³/mol. The standard InChI is InChI=1S/C16H15NOS/c18-16(7-6-13-4-2-1-3-5-13)17-10-8-15-14(12-17)9-11-19-15/h1-7,9,11H,8,10,12H2. The first-order valence-corrected chi connectivity index (χ1v) is 7.28. The number of fused-ring (bicyclic) bond motifs is 1. The Morgan fingerprint density at radius 2 is 2.05 bits per heavy atom. The molecule has 0 aliphatic carbocycles. The van der Waals surface area contributed by atoms with Gasteiger partial charge in [-0.25, -0.2) is 0 Å². The Hall–Kier alpha value is -1.87. The summed E-state index contributed by atoms with van der Waals surface area (Å²) in [6.45, 7) is 1.57.